The van der Waals surface area contributed by atoms with Crippen molar-refractivity contribution >= 4 is 26.6 Å². The van der Waals surface area contributed by atoms with Crippen molar-refractivity contribution in [1.29, 1.82) is 0 Å². The van der Waals surface area contributed by atoms with Crippen LogP contribution in [0.5, 0.6) is 5.75 Å². The third-order valence-electron chi connectivity index (χ3n) is 6.47. The van der Waals surface area contributed by atoms with Crippen LogP contribution in [0.25, 0.3) is 27.7 Å². The summed E-state index contributed by atoms with van der Waals surface area (Å²) in [5.74, 6) is 0.0842. The van der Waals surface area contributed by atoms with Crippen LogP contribution in [0.1, 0.15) is 31.1 Å². The molecule has 0 atom stereocenters. The smallest absolute Gasteiger partial charge is 0.236 e. The second kappa shape index (κ2) is 6.56. The number of benzene rings is 2. The van der Waals surface area contributed by atoms with Gasteiger partial charge in [0, 0.05) is 29.1 Å². The molecular weight excluding hydrogens is 464 g/mol. The molecule has 0 fully saturated rings. The number of ether oxygens (including phenoxy) is 1. The molecule has 11 heteroatoms. The maximum absolute atomic E-state index is 16.5. The molecule has 0 bridgehead atoms. The van der Waals surface area contributed by atoms with Gasteiger partial charge < -0.3 is 10.1 Å². The molecule has 176 valence electrons. The molecule has 34 heavy (non-hydrogen) atoms. The Balaban J connectivity index is 1.75. The summed E-state index contributed by atoms with van der Waals surface area (Å²) in [5, 5.41) is 12.2. The van der Waals surface area contributed by atoms with E-state index < -0.39 is 27.2 Å². The van der Waals surface area contributed by atoms with Crippen LogP contribution < -0.4 is 10.1 Å². The minimum absolute atomic E-state index is 0.0857. The SMILES string of the molecule is Cc1nnc2n1-c1c(F)c(-c3cc(F)cc4c3ccn4S(C)(=O)=O)c3c(c1NC2(C)C)CCO3. The predicted molar refractivity (Wildman–Crippen MR) is 123 cm³/mol. The highest BCUT2D eigenvalue weighted by Gasteiger charge is 2.41. The molecule has 2 aromatic carbocycles. The summed E-state index contributed by atoms with van der Waals surface area (Å²) >= 11 is 0. The van der Waals surface area contributed by atoms with Crippen LogP contribution in [0, 0.1) is 18.6 Å². The summed E-state index contributed by atoms with van der Waals surface area (Å²) in [6.45, 7) is 5.97. The highest BCUT2D eigenvalue weighted by molar-refractivity contribution is 7.89. The Labute approximate surface area is 194 Å². The Hall–Kier alpha value is -3.47. The van der Waals surface area contributed by atoms with Gasteiger partial charge in [-0.25, -0.2) is 21.2 Å². The summed E-state index contributed by atoms with van der Waals surface area (Å²) in [7, 11) is -3.69. The molecule has 0 saturated carbocycles. The summed E-state index contributed by atoms with van der Waals surface area (Å²) < 4.78 is 64.4. The van der Waals surface area contributed by atoms with Gasteiger partial charge in [0.15, 0.2) is 11.6 Å². The van der Waals surface area contributed by atoms with Gasteiger partial charge in [-0.15, -0.1) is 10.2 Å². The van der Waals surface area contributed by atoms with Gasteiger partial charge in [0.05, 0.1) is 35.2 Å². The monoisotopic (exact) mass is 485 g/mol. The van der Waals surface area contributed by atoms with E-state index in [1.807, 2.05) is 13.8 Å². The lowest BCUT2D eigenvalue weighted by Gasteiger charge is -2.35. The minimum atomic E-state index is -3.69. The lowest BCUT2D eigenvalue weighted by Crippen LogP contribution is -2.37. The predicted octanol–water partition coefficient (Wildman–Crippen LogP) is 3.88. The number of aromatic nitrogens is 4. The first-order valence-corrected chi connectivity index (χ1v) is 12.6. The van der Waals surface area contributed by atoms with E-state index in [4.69, 9.17) is 4.74 Å². The highest BCUT2D eigenvalue weighted by Crippen LogP contribution is 2.51. The molecule has 0 unspecified atom stereocenters. The van der Waals surface area contributed by atoms with Gasteiger partial charge in [0.1, 0.15) is 23.1 Å². The normalized spacial score (nSPS) is 16.1. The van der Waals surface area contributed by atoms with Crippen LogP contribution in [0.3, 0.4) is 0 Å². The number of hydrogen-bond acceptors (Lipinski definition) is 6. The fourth-order valence-corrected chi connectivity index (χ4v) is 5.85. The number of nitrogens with zero attached hydrogens (tertiary/aromatic N) is 4. The lowest BCUT2D eigenvalue weighted by molar-refractivity contribution is 0.356. The zero-order valence-corrected chi connectivity index (χ0v) is 19.7. The number of halogens is 2. The van der Waals surface area contributed by atoms with Crippen LogP contribution in [0.15, 0.2) is 24.4 Å². The summed E-state index contributed by atoms with van der Waals surface area (Å²) in [6.07, 6.45) is 2.90. The molecule has 4 aromatic rings. The molecule has 4 heterocycles. The largest absolute Gasteiger partial charge is 0.492 e. The van der Waals surface area contributed by atoms with Gasteiger partial charge in [-0.3, -0.25) is 4.57 Å². The quantitative estimate of drug-likeness (QED) is 0.464. The van der Waals surface area contributed by atoms with Gasteiger partial charge in [-0.1, -0.05) is 0 Å². The maximum atomic E-state index is 16.5. The van der Waals surface area contributed by atoms with Gasteiger partial charge in [-0.2, -0.15) is 0 Å². The van der Waals surface area contributed by atoms with Gasteiger partial charge in [-0.05, 0) is 39.0 Å². The molecule has 0 aliphatic carbocycles. The molecule has 0 amide bonds. The van der Waals surface area contributed by atoms with Crippen molar-refractivity contribution in [3.63, 3.8) is 0 Å². The third-order valence-corrected chi connectivity index (χ3v) is 7.51. The van der Waals surface area contributed by atoms with Crippen LogP contribution in [-0.2, 0) is 22.0 Å². The fraction of sp³-hybridized carbons (Fsp3) is 0.304. The first-order valence-electron chi connectivity index (χ1n) is 10.7. The van der Waals surface area contributed by atoms with Gasteiger partial charge in [0.2, 0.25) is 10.0 Å². The zero-order chi connectivity index (χ0) is 24.2. The molecule has 0 saturated heterocycles. The number of hydrogen-bond donors (Lipinski definition) is 1. The van der Waals surface area contributed by atoms with Crippen molar-refractivity contribution in [3.8, 4) is 22.6 Å². The number of aryl methyl sites for hydroxylation is 1. The Bertz CT molecular complexity index is 1650. The standard InChI is InChI=1S/C23H21F2N5O3S/c1-11-27-28-22-23(2,3)26-19-14-6-8-33-21(14)17(18(25)20(19)30(11)22)15-9-12(24)10-16-13(15)5-7-29(16)34(4,31)32/h5,7,9-10,26H,6,8H2,1-4H3. The molecule has 2 aromatic heterocycles. The summed E-state index contributed by atoms with van der Waals surface area (Å²) in [4.78, 5) is 0. The van der Waals surface area contributed by atoms with E-state index in [-0.39, 0.29) is 22.3 Å². The zero-order valence-electron chi connectivity index (χ0n) is 18.9. The summed E-state index contributed by atoms with van der Waals surface area (Å²) in [6, 6.07) is 3.88. The number of nitrogens with one attached hydrogen (secondary N) is 1. The van der Waals surface area contributed by atoms with Crippen molar-refractivity contribution in [1.82, 2.24) is 18.7 Å². The average molecular weight is 486 g/mol. The molecule has 0 spiro atoms. The van der Waals surface area contributed by atoms with Crippen LogP contribution in [0.2, 0.25) is 0 Å². The van der Waals surface area contributed by atoms with Crippen molar-refractivity contribution in [3.05, 3.63) is 53.2 Å². The third kappa shape index (κ3) is 2.70. The van der Waals surface area contributed by atoms with E-state index in [0.29, 0.717) is 41.5 Å². The Morgan fingerprint density at radius 3 is 2.71 bits per heavy atom. The van der Waals surface area contributed by atoms with Crippen molar-refractivity contribution in [2.75, 3.05) is 18.2 Å². The second-order valence-corrected chi connectivity index (χ2v) is 11.1. The molecular formula is C23H21F2N5O3S. The first-order chi connectivity index (χ1) is 16.0. The van der Waals surface area contributed by atoms with E-state index in [9.17, 15) is 12.8 Å². The van der Waals surface area contributed by atoms with Crippen molar-refractivity contribution < 1.29 is 21.9 Å². The van der Waals surface area contributed by atoms with Gasteiger partial charge in [0.25, 0.3) is 0 Å². The number of fused-ring (bicyclic) bond motifs is 6. The van der Waals surface area contributed by atoms with Crippen LogP contribution in [0.4, 0.5) is 14.5 Å². The average Bonchev–Trinajstić information content (AvgIpc) is 3.45. The Morgan fingerprint density at radius 1 is 1.21 bits per heavy atom. The Kier molecular flexibility index (Phi) is 4.07. The highest BCUT2D eigenvalue weighted by atomic mass is 32.2. The van der Waals surface area contributed by atoms with E-state index in [1.54, 1.807) is 17.6 Å². The van der Waals surface area contributed by atoms with Crippen LogP contribution in [-0.4, -0.2) is 40.0 Å². The van der Waals surface area contributed by atoms with Gasteiger partial charge >= 0.3 is 0 Å². The van der Waals surface area contributed by atoms with Crippen LogP contribution >= 0.6 is 0 Å². The second-order valence-electron chi connectivity index (χ2n) is 9.24. The molecule has 0 radical (unpaired) electrons. The molecule has 1 N–H and O–H groups in total. The van der Waals surface area contributed by atoms with E-state index in [1.165, 1.54) is 12.3 Å². The van der Waals surface area contributed by atoms with E-state index in [2.05, 4.69) is 15.5 Å². The fourth-order valence-electron chi connectivity index (χ4n) is 5.06. The van der Waals surface area contributed by atoms with E-state index >= 15 is 4.39 Å². The topological polar surface area (TPSA) is 91.0 Å². The van der Waals surface area contributed by atoms with E-state index in [0.717, 1.165) is 21.9 Å². The maximum Gasteiger partial charge on any atom is 0.236 e. The Morgan fingerprint density at radius 2 is 1.97 bits per heavy atom. The summed E-state index contributed by atoms with van der Waals surface area (Å²) in [5.41, 5.74) is 1.43. The lowest BCUT2D eigenvalue weighted by atomic mass is 9.91. The number of anilines is 1. The molecule has 2 aliphatic rings. The molecule has 2 aliphatic heterocycles. The molecule has 8 nitrogen and oxygen atoms in total. The van der Waals surface area contributed by atoms with Crippen molar-refractivity contribution in [2.45, 2.75) is 32.7 Å². The number of rotatable bonds is 2. The minimum Gasteiger partial charge on any atom is -0.492 e. The van der Waals surface area contributed by atoms with Crippen molar-refractivity contribution in [2.24, 2.45) is 0 Å². The first kappa shape index (κ1) is 21.1. The molecule has 6 rings (SSSR count).